The molecule has 2 atom stereocenters. The molecule has 1 fully saturated rings. The van der Waals surface area contributed by atoms with Gasteiger partial charge in [0.2, 0.25) is 0 Å². The van der Waals surface area contributed by atoms with E-state index in [1.807, 2.05) is 54.4 Å². The number of benzene rings is 2. The minimum absolute atomic E-state index is 0.0621. The van der Waals surface area contributed by atoms with Gasteiger partial charge in [0.15, 0.2) is 0 Å². The molecular formula is C23H25N3O. The van der Waals surface area contributed by atoms with E-state index in [1.165, 1.54) is 11.1 Å². The minimum atomic E-state index is 0.0621. The van der Waals surface area contributed by atoms with Crippen LogP contribution < -0.4 is 5.32 Å². The zero-order valence-electron chi connectivity index (χ0n) is 15.8. The largest absolute Gasteiger partial charge is 0.351 e. The van der Waals surface area contributed by atoms with Crippen molar-refractivity contribution in [1.82, 2.24) is 15.2 Å². The highest BCUT2D eigenvalue weighted by molar-refractivity contribution is 5.93. The Morgan fingerprint density at radius 2 is 1.74 bits per heavy atom. The van der Waals surface area contributed by atoms with Crippen molar-refractivity contribution in [3.63, 3.8) is 0 Å². The maximum absolute atomic E-state index is 13.1. The van der Waals surface area contributed by atoms with E-state index < -0.39 is 0 Å². The summed E-state index contributed by atoms with van der Waals surface area (Å²) in [6.07, 6.45) is 0. The van der Waals surface area contributed by atoms with Crippen molar-refractivity contribution in [2.45, 2.75) is 18.9 Å². The fourth-order valence-electron chi connectivity index (χ4n) is 3.89. The van der Waals surface area contributed by atoms with Gasteiger partial charge in [0.25, 0.3) is 5.91 Å². The number of likely N-dealkylation sites (N-methyl/N-ethyl adjacent to an activating group) is 1. The average molecular weight is 359 g/mol. The predicted octanol–water partition coefficient (Wildman–Crippen LogP) is 3.82. The normalized spacial score (nSPS) is 19.4. The number of rotatable bonds is 4. The number of aromatic nitrogens is 1. The molecule has 1 aromatic heterocycles. The zero-order chi connectivity index (χ0) is 18.8. The van der Waals surface area contributed by atoms with E-state index in [2.05, 4.69) is 41.5 Å². The number of aryl methyl sites for hydroxylation is 1. The molecule has 0 saturated carbocycles. The molecule has 2 N–H and O–H groups in total. The fraction of sp³-hybridized carbons (Fsp3) is 0.261. The SMILES string of the molecule is CNC1CN(C(=O)c2ccc(-c3ccccc3)[nH]2)CC1c1ccc(C)cc1. The van der Waals surface area contributed by atoms with Crippen molar-refractivity contribution in [2.75, 3.05) is 20.1 Å². The van der Waals surface area contributed by atoms with Crippen LogP contribution in [0.1, 0.15) is 27.5 Å². The highest BCUT2D eigenvalue weighted by Gasteiger charge is 2.35. The number of carbonyl (C=O) groups excluding carboxylic acids is 1. The van der Waals surface area contributed by atoms with E-state index in [1.54, 1.807) is 0 Å². The number of H-pyrrole nitrogens is 1. The van der Waals surface area contributed by atoms with Crippen molar-refractivity contribution in [3.8, 4) is 11.3 Å². The summed E-state index contributed by atoms with van der Waals surface area (Å²) < 4.78 is 0. The molecule has 2 unspecified atom stereocenters. The van der Waals surface area contributed by atoms with Gasteiger partial charge in [0.1, 0.15) is 5.69 Å². The van der Waals surface area contributed by atoms with Crippen molar-refractivity contribution >= 4 is 5.91 Å². The van der Waals surface area contributed by atoms with Crippen molar-refractivity contribution < 1.29 is 4.79 Å². The number of nitrogens with one attached hydrogen (secondary N) is 2. The number of hydrogen-bond acceptors (Lipinski definition) is 2. The number of amides is 1. The van der Waals surface area contributed by atoms with Crippen molar-refractivity contribution in [2.24, 2.45) is 0 Å². The Kier molecular flexibility index (Phi) is 4.82. The molecule has 138 valence electrons. The summed E-state index contributed by atoms with van der Waals surface area (Å²) in [7, 11) is 1.97. The number of aromatic amines is 1. The minimum Gasteiger partial charge on any atom is -0.351 e. The predicted molar refractivity (Wildman–Crippen MR) is 109 cm³/mol. The molecule has 4 heteroatoms. The molecule has 4 rings (SSSR count). The maximum atomic E-state index is 13.1. The molecule has 27 heavy (non-hydrogen) atoms. The molecule has 4 nitrogen and oxygen atoms in total. The Balaban J connectivity index is 1.53. The van der Waals surface area contributed by atoms with Crippen LogP contribution in [0.3, 0.4) is 0 Å². The van der Waals surface area contributed by atoms with E-state index >= 15 is 0 Å². The van der Waals surface area contributed by atoms with Crippen LogP contribution in [0.25, 0.3) is 11.3 Å². The van der Waals surface area contributed by atoms with Crippen LogP contribution in [0.4, 0.5) is 0 Å². The third kappa shape index (κ3) is 3.53. The molecule has 1 amide bonds. The van der Waals surface area contributed by atoms with Crippen LogP contribution >= 0.6 is 0 Å². The Labute approximate surface area is 160 Å². The maximum Gasteiger partial charge on any atom is 0.270 e. The molecule has 1 aliphatic rings. The first-order chi connectivity index (χ1) is 13.2. The molecule has 2 aromatic carbocycles. The third-order valence-corrected chi connectivity index (χ3v) is 5.48. The number of likely N-dealkylation sites (tertiary alicyclic amines) is 1. The first kappa shape index (κ1) is 17.6. The van der Waals surface area contributed by atoms with Gasteiger partial charge in [-0.2, -0.15) is 0 Å². The quantitative estimate of drug-likeness (QED) is 0.744. The molecular weight excluding hydrogens is 334 g/mol. The summed E-state index contributed by atoms with van der Waals surface area (Å²) in [4.78, 5) is 18.3. The van der Waals surface area contributed by atoms with Crippen LogP contribution in [-0.4, -0.2) is 42.0 Å². The van der Waals surface area contributed by atoms with Gasteiger partial charge in [-0.05, 0) is 37.2 Å². The Bertz CT molecular complexity index is 914. The Morgan fingerprint density at radius 1 is 1.00 bits per heavy atom. The van der Waals surface area contributed by atoms with Crippen LogP contribution in [0, 0.1) is 6.92 Å². The highest BCUT2D eigenvalue weighted by Crippen LogP contribution is 2.29. The summed E-state index contributed by atoms with van der Waals surface area (Å²) in [5, 5.41) is 3.39. The van der Waals surface area contributed by atoms with Gasteiger partial charge in [0, 0.05) is 30.7 Å². The average Bonchev–Trinajstić information content (AvgIpc) is 3.36. The summed E-state index contributed by atoms with van der Waals surface area (Å²) in [6.45, 7) is 3.54. The van der Waals surface area contributed by atoms with Gasteiger partial charge >= 0.3 is 0 Å². The topological polar surface area (TPSA) is 48.1 Å². The van der Waals surface area contributed by atoms with E-state index in [4.69, 9.17) is 0 Å². The van der Waals surface area contributed by atoms with Gasteiger partial charge < -0.3 is 15.2 Å². The van der Waals surface area contributed by atoms with Gasteiger partial charge in [-0.1, -0.05) is 60.2 Å². The summed E-state index contributed by atoms with van der Waals surface area (Å²) in [5.41, 5.74) is 5.24. The smallest absolute Gasteiger partial charge is 0.270 e. The molecule has 0 spiro atoms. The van der Waals surface area contributed by atoms with Crippen LogP contribution in [0.2, 0.25) is 0 Å². The van der Waals surface area contributed by atoms with Gasteiger partial charge in [-0.25, -0.2) is 0 Å². The lowest BCUT2D eigenvalue weighted by Gasteiger charge is -2.17. The van der Waals surface area contributed by atoms with E-state index in [0.29, 0.717) is 18.2 Å². The molecule has 1 aliphatic heterocycles. The van der Waals surface area contributed by atoms with E-state index in [0.717, 1.165) is 17.8 Å². The second-order valence-electron chi connectivity index (χ2n) is 7.27. The lowest BCUT2D eigenvalue weighted by atomic mass is 9.94. The monoisotopic (exact) mass is 359 g/mol. The van der Waals surface area contributed by atoms with Gasteiger partial charge in [-0.3, -0.25) is 4.79 Å². The van der Waals surface area contributed by atoms with Crippen molar-refractivity contribution in [1.29, 1.82) is 0 Å². The van der Waals surface area contributed by atoms with Crippen LogP contribution in [0.5, 0.6) is 0 Å². The molecule has 3 aromatic rings. The fourth-order valence-corrected chi connectivity index (χ4v) is 3.89. The van der Waals surface area contributed by atoms with Crippen molar-refractivity contribution in [3.05, 3.63) is 83.6 Å². The first-order valence-corrected chi connectivity index (χ1v) is 9.43. The summed E-state index contributed by atoms with van der Waals surface area (Å²) >= 11 is 0. The molecule has 2 heterocycles. The van der Waals surface area contributed by atoms with Gasteiger partial charge in [0.05, 0.1) is 0 Å². The summed E-state index contributed by atoms with van der Waals surface area (Å²) in [5.74, 6) is 0.371. The second-order valence-corrected chi connectivity index (χ2v) is 7.27. The Morgan fingerprint density at radius 3 is 2.44 bits per heavy atom. The molecule has 0 aliphatic carbocycles. The van der Waals surface area contributed by atoms with Crippen LogP contribution in [0.15, 0.2) is 66.7 Å². The van der Waals surface area contributed by atoms with Gasteiger partial charge in [-0.15, -0.1) is 0 Å². The third-order valence-electron chi connectivity index (χ3n) is 5.48. The standard InChI is InChI=1S/C23H25N3O/c1-16-8-10-17(11-9-16)19-14-26(15-22(19)24-2)23(27)21-13-12-20(25-21)18-6-4-3-5-7-18/h3-13,19,22,24-25H,14-15H2,1-2H3. The highest BCUT2D eigenvalue weighted by atomic mass is 16.2. The second kappa shape index (κ2) is 7.41. The lowest BCUT2D eigenvalue weighted by Crippen LogP contribution is -2.34. The van der Waals surface area contributed by atoms with E-state index in [9.17, 15) is 4.79 Å². The number of nitrogens with zero attached hydrogens (tertiary/aromatic N) is 1. The Hall–Kier alpha value is -2.85. The number of carbonyl (C=O) groups is 1. The number of hydrogen-bond donors (Lipinski definition) is 2. The summed E-state index contributed by atoms with van der Waals surface area (Å²) in [6, 6.07) is 22.9. The molecule has 1 saturated heterocycles. The molecule has 0 bridgehead atoms. The lowest BCUT2D eigenvalue weighted by molar-refractivity contribution is 0.0783. The van der Waals surface area contributed by atoms with Crippen LogP contribution in [-0.2, 0) is 0 Å². The van der Waals surface area contributed by atoms with E-state index in [-0.39, 0.29) is 11.9 Å². The molecule has 0 radical (unpaired) electrons. The first-order valence-electron chi connectivity index (χ1n) is 9.43. The zero-order valence-corrected chi connectivity index (χ0v) is 15.8.